The van der Waals surface area contributed by atoms with Gasteiger partial charge in [0.2, 0.25) is 0 Å². The number of imidazole rings is 2. The first-order valence-corrected chi connectivity index (χ1v) is 9.09. The fourth-order valence-electron chi connectivity index (χ4n) is 3.86. The largest absolute Gasteiger partial charge is 0.340 e. The summed E-state index contributed by atoms with van der Waals surface area (Å²) in [5.41, 5.74) is 2.64. The van der Waals surface area contributed by atoms with E-state index in [0.717, 1.165) is 24.9 Å². The summed E-state index contributed by atoms with van der Waals surface area (Å²) in [5, 5.41) is 0. The number of carbonyl (C=O) groups is 1. The molecule has 4 heterocycles. The van der Waals surface area contributed by atoms with Crippen LogP contribution in [0.2, 0.25) is 0 Å². The lowest BCUT2D eigenvalue weighted by Crippen LogP contribution is -2.39. The van der Waals surface area contributed by atoms with Gasteiger partial charge in [-0.15, -0.1) is 0 Å². The van der Waals surface area contributed by atoms with Gasteiger partial charge in [0.15, 0.2) is 0 Å². The highest BCUT2D eigenvalue weighted by atomic mass is 19.1. The van der Waals surface area contributed by atoms with Gasteiger partial charge >= 0.3 is 0 Å². The number of fused-ring (bicyclic) bond motifs is 2. The van der Waals surface area contributed by atoms with E-state index in [1.807, 2.05) is 33.7 Å². The number of hydrogen-bond donors (Lipinski definition) is 1. The van der Waals surface area contributed by atoms with Crippen molar-refractivity contribution in [2.75, 3.05) is 6.54 Å². The van der Waals surface area contributed by atoms with Crippen molar-refractivity contribution >= 4 is 22.6 Å². The predicted molar refractivity (Wildman–Crippen MR) is 98.9 cm³/mol. The van der Waals surface area contributed by atoms with Crippen molar-refractivity contribution in [3.63, 3.8) is 0 Å². The van der Waals surface area contributed by atoms with E-state index in [1.54, 1.807) is 12.3 Å². The molecule has 0 spiro atoms. The molecule has 1 amide bonds. The van der Waals surface area contributed by atoms with Gasteiger partial charge in [0.1, 0.15) is 23.0 Å². The highest BCUT2D eigenvalue weighted by Crippen LogP contribution is 2.32. The molecule has 1 aliphatic rings. The highest BCUT2D eigenvalue weighted by Gasteiger charge is 2.32. The van der Waals surface area contributed by atoms with Crippen molar-refractivity contribution in [3.8, 4) is 0 Å². The number of rotatable bonds is 2. The van der Waals surface area contributed by atoms with E-state index in [-0.39, 0.29) is 17.8 Å². The Morgan fingerprint density at radius 1 is 1.22 bits per heavy atom. The zero-order valence-electron chi connectivity index (χ0n) is 14.6. The molecule has 1 N–H and O–H groups in total. The second kappa shape index (κ2) is 6.19. The van der Waals surface area contributed by atoms with E-state index in [1.165, 1.54) is 12.1 Å². The van der Waals surface area contributed by atoms with E-state index < -0.39 is 0 Å². The fourth-order valence-corrected chi connectivity index (χ4v) is 3.86. The van der Waals surface area contributed by atoms with Crippen LogP contribution in [0.3, 0.4) is 0 Å². The summed E-state index contributed by atoms with van der Waals surface area (Å²) < 4.78 is 15.3. The number of pyridine rings is 1. The molecule has 6 nitrogen and oxygen atoms in total. The van der Waals surface area contributed by atoms with Gasteiger partial charge in [0, 0.05) is 12.7 Å². The van der Waals surface area contributed by atoms with E-state index in [0.29, 0.717) is 29.1 Å². The minimum absolute atomic E-state index is 0.0648. The lowest BCUT2D eigenvalue weighted by atomic mass is 10.0. The van der Waals surface area contributed by atoms with Gasteiger partial charge in [-0.25, -0.2) is 14.4 Å². The van der Waals surface area contributed by atoms with Crippen molar-refractivity contribution in [3.05, 3.63) is 66.1 Å². The maximum absolute atomic E-state index is 13.5. The number of likely N-dealkylation sites (tertiary alicyclic amines) is 1. The topological polar surface area (TPSA) is 66.3 Å². The van der Waals surface area contributed by atoms with Crippen LogP contribution in [0.1, 0.15) is 41.6 Å². The van der Waals surface area contributed by atoms with E-state index in [2.05, 4.69) is 15.0 Å². The van der Waals surface area contributed by atoms with Crippen LogP contribution < -0.4 is 0 Å². The van der Waals surface area contributed by atoms with Crippen LogP contribution in [0.25, 0.3) is 16.7 Å². The molecule has 136 valence electrons. The number of halogens is 1. The van der Waals surface area contributed by atoms with E-state index >= 15 is 0 Å². The number of amides is 1. The van der Waals surface area contributed by atoms with Crippen LogP contribution >= 0.6 is 0 Å². The van der Waals surface area contributed by atoms with Gasteiger partial charge in [0.25, 0.3) is 5.91 Å². The normalized spacial score (nSPS) is 17.7. The van der Waals surface area contributed by atoms with Gasteiger partial charge in [-0.2, -0.15) is 0 Å². The smallest absolute Gasteiger partial charge is 0.273 e. The molecule has 3 aromatic heterocycles. The summed E-state index contributed by atoms with van der Waals surface area (Å²) >= 11 is 0. The van der Waals surface area contributed by atoms with Gasteiger partial charge in [-0.1, -0.05) is 6.07 Å². The second-order valence-corrected chi connectivity index (χ2v) is 6.87. The number of nitrogens with one attached hydrogen (secondary N) is 1. The van der Waals surface area contributed by atoms with Gasteiger partial charge < -0.3 is 9.88 Å². The Kier molecular flexibility index (Phi) is 3.67. The Morgan fingerprint density at radius 3 is 3.07 bits per heavy atom. The number of aromatic amines is 1. The van der Waals surface area contributed by atoms with Crippen LogP contribution in [0.15, 0.2) is 48.8 Å². The van der Waals surface area contributed by atoms with Crippen molar-refractivity contribution in [1.29, 1.82) is 0 Å². The molecule has 1 atom stereocenters. The lowest BCUT2D eigenvalue weighted by molar-refractivity contribution is 0.0594. The standard InChI is InChI=1S/C20H18FN5O/c21-13-7-8-14-15(11-13)24-19(23-14)16-5-1-3-10-26(16)20(27)17-12-22-18-6-2-4-9-25(17)18/h2,4,6-9,11-12,16H,1,3,5,10H2,(H,23,24)/t16-/m0/s1. The molecule has 1 saturated heterocycles. The number of H-pyrrole nitrogens is 1. The molecule has 1 fully saturated rings. The van der Waals surface area contributed by atoms with Crippen LogP contribution in [0, 0.1) is 5.82 Å². The molecule has 27 heavy (non-hydrogen) atoms. The van der Waals surface area contributed by atoms with E-state index in [4.69, 9.17) is 0 Å². The van der Waals surface area contributed by atoms with E-state index in [9.17, 15) is 9.18 Å². The maximum Gasteiger partial charge on any atom is 0.273 e. The Bertz CT molecular complexity index is 1150. The average Bonchev–Trinajstić information content (AvgIpc) is 3.31. The van der Waals surface area contributed by atoms with Crippen molar-refractivity contribution in [2.24, 2.45) is 0 Å². The number of hydrogen-bond acceptors (Lipinski definition) is 3. The van der Waals surface area contributed by atoms with Gasteiger partial charge in [0.05, 0.1) is 23.3 Å². The minimum Gasteiger partial charge on any atom is -0.340 e. The monoisotopic (exact) mass is 363 g/mol. The molecule has 5 rings (SSSR count). The predicted octanol–water partition coefficient (Wildman–Crippen LogP) is 3.72. The third-order valence-electron chi connectivity index (χ3n) is 5.18. The average molecular weight is 363 g/mol. The molecule has 0 unspecified atom stereocenters. The first kappa shape index (κ1) is 16.0. The third-order valence-corrected chi connectivity index (χ3v) is 5.18. The van der Waals surface area contributed by atoms with Crippen molar-refractivity contribution in [1.82, 2.24) is 24.3 Å². The molecule has 0 radical (unpaired) electrons. The summed E-state index contributed by atoms with van der Waals surface area (Å²) in [6.07, 6.45) is 6.27. The third kappa shape index (κ3) is 2.66. The van der Waals surface area contributed by atoms with Crippen LogP contribution in [-0.2, 0) is 0 Å². The van der Waals surface area contributed by atoms with Crippen LogP contribution in [-0.4, -0.2) is 36.7 Å². The fraction of sp³-hybridized carbons (Fsp3) is 0.250. The SMILES string of the molecule is O=C(c1cnc2ccccn12)N1CCCC[C@H]1c1nc2ccc(F)cc2[nH]1. The quantitative estimate of drug-likeness (QED) is 0.590. The maximum atomic E-state index is 13.5. The number of nitrogens with zero attached hydrogens (tertiary/aromatic N) is 4. The first-order chi connectivity index (χ1) is 13.2. The molecular formula is C20H18FN5O. The summed E-state index contributed by atoms with van der Waals surface area (Å²) in [7, 11) is 0. The van der Waals surface area contributed by atoms with Gasteiger partial charge in [-0.3, -0.25) is 9.20 Å². The Balaban J connectivity index is 1.54. The molecule has 0 aliphatic carbocycles. The summed E-state index contributed by atoms with van der Waals surface area (Å²) in [6, 6.07) is 9.99. The Morgan fingerprint density at radius 2 is 2.15 bits per heavy atom. The first-order valence-electron chi connectivity index (χ1n) is 9.09. The molecule has 1 aliphatic heterocycles. The zero-order valence-corrected chi connectivity index (χ0v) is 14.6. The summed E-state index contributed by atoms with van der Waals surface area (Å²) in [5.74, 6) is 0.336. The summed E-state index contributed by atoms with van der Waals surface area (Å²) in [6.45, 7) is 0.662. The van der Waals surface area contributed by atoms with Crippen molar-refractivity contribution in [2.45, 2.75) is 25.3 Å². The molecule has 1 aromatic carbocycles. The number of aromatic nitrogens is 4. The summed E-state index contributed by atoms with van der Waals surface area (Å²) in [4.78, 5) is 27.3. The molecular weight excluding hydrogens is 345 g/mol. The number of carbonyl (C=O) groups excluding carboxylic acids is 1. The Hall–Kier alpha value is -3.22. The zero-order chi connectivity index (χ0) is 18.4. The Labute approximate surface area is 154 Å². The molecule has 0 saturated carbocycles. The van der Waals surface area contributed by atoms with Gasteiger partial charge in [-0.05, 0) is 49.6 Å². The molecule has 7 heteroatoms. The molecule has 4 aromatic rings. The van der Waals surface area contributed by atoms with Crippen LogP contribution in [0.5, 0.6) is 0 Å². The van der Waals surface area contributed by atoms with Crippen molar-refractivity contribution < 1.29 is 9.18 Å². The molecule has 0 bridgehead atoms. The second-order valence-electron chi connectivity index (χ2n) is 6.87. The highest BCUT2D eigenvalue weighted by molar-refractivity contribution is 5.93. The lowest BCUT2D eigenvalue weighted by Gasteiger charge is -2.34. The number of piperidine rings is 1. The number of benzene rings is 1. The van der Waals surface area contributed by atoms with Crippen LogP contribution in [0.4, 0.5) is 4.39 Å². The minimum atomic E-state index is -0.306.